The highest BCUT2D eigenvalue weighted by Crippen LogP contribution is 2.30. The van der Waals surface area contributed by atoms with Crippen LogP contribution in [0.3, 0.4) is 0 Å². The predicted molar refractivity (Wildman–Crippen MR) is 88.6 cm³/mol. The normalized spacial score (nSPS) is 16.5. The molecule has 0 unspecified atom stereocenters. The number of aromatic nitrogens is 1. The van der Waals surface area contributed by atoms with Crippen molar-refractivity contribution in [2.75, 3.05) is 31.1 Å². The summed E-state index contributed by atoms with van der Waals surface area (Å²) in [6.07, 6.45) is 5.27. The monoisotopic (exact) mass is 339 g/mol. The highest BCUT2D eigenvalue weighted by atomic mass is 19.3. The molecule has 1 saturated heterocycles. The van der Waals surface area contributed by atoms with Crippen LogP contribution in [0.4, 0.5) is 14.6 Å². The lowest BCUT2D eigenvalue weighted by Crippen LogP contribution is -2.39. The second kappa shape index (κ2) is 9.27. The van der Waals surface area contributed by atoms with Gasteiger partial charge in [0.2, 0.25) is 0 Å². The molecular formula is C16H23F2N5O. The van der Waals surface area contributed by atoms with Crippen molar-refractivity contribution < 1.29 is 13.5 Å². The lowest BCUT2D eigenvalue weighted by atomic mass is 10.1. The molecule has 1 aromatic heterocycles. The summed E-state index contributed by atoms with van der Waals surface area (Å²) in [4.78, 5) is 8.90. The van der Waals surface area contributed by atoms with Crippen molar-refractivity contribution in [2.45, 2.75) is 44.4 Å². The van der Waals surface area contributed by atoms with Crippen LogP contribution in [0.1, 0.15) is 38.5 Å². The number of alkyl halides is 2. The molecule has 0 radical (unpaired) electrons. The summed E-state index contributed by atoms with van der Waals surface area (Å²) in [5, 5.41) is 3.49. The van der Waals surface area contributed by atoms with Gasteiger partial charge in [-0.25, -0.2) is 13.8 Å². The predicted octanol–water partition coefficient (Wildman–Crippen LogP) is 4.57. The molecule has 0 aromatic carbocycles. The van der Waals surface area contributed by atoms with Crippen LogP contribution in [0.5, 0.6) is 5.75 Å². The van der Waals surface area contributed by atoms with E-state index in [-0.39, 0.29) is 12.8 Å². The summed E-state index contributed by atoms with van der Waals surface area (Å²) in [6.45, 7) is 1.82. The van der Waals surface area contributed by atoms with Gasteiger partial charge in [-0.1, -0.05) is 18.0 Å². The average Bonchev–Trinajstić information content (AvgIpc) is 2.58. The van der Waals surface area contributed by atoms with E-state index in [1.165, 1.54) is 0 Å². The number of anilines is 1. The van der Waals surface area contributed by atoms with Gasteiger partial charge in [-0.05, 0) is 30.5 Å². The molecule has 0 spiro atoms. The molecule has 0 aliphatic carbocycles. The highest BCUT2D eigenvalue weighted by Gasteiger charge is 2.34. The van der Waals surface area contributed by atoms with Gasteiger partial charge in [0, 0.05) is 37.4 Å². The van der Waals surface area contributed by atoms with E-state index in [0.717, 1.165) is 31.5 Å². The SMILES string of the molecule is [N-]=[N+]=NCCCCCCOc1ccc(N2CCC(F)(F)CC2)nc1. The third-order valence-electron chi connectivity index (χ3n) is 4.02. The molecule has 0 bridgehead atoms. The Bertz CT molecular complexity index is 536. The van der Waals surface area contributed by atoms with Gasteiger partial charge in [0.15, 0.2) is 0 Å². The van der Waals surface area contributed by atoms with Gasteiger partial charge in [-0.2, -0.15) is 0 Å². The Morgan fingerprint density at radius 3 is 2.62 bits per heavy atom. The van der Waals surface area contributed by atoms with Crippen LogP contribution >= 0.6 is 0 Å². The average molecular weight is 339 g/mol. The summed E-state index contributed by atoms with van der Waals surface area (Å²) < 4.78 is 31.9. The lowest BCUT2D eigenvalue weighted by Gasteiger charge is -2.32. The fraction of sp³-hybridized carbons (Fsp3) is 0.688. The Balaban J connectivity index is 1.64. The van der Waals surface area contributed by atoms with Crippen LogP contribution in [-0.4, -0.2) is 37.1 Å². The third kappa shape index (κ3) is 6.20. The largest absolute Gasteiger partial charge is 0.492 e. The minimum Gasteiger partial charge on any atom is -0.492 e. The minimum atomic E-state index is -2.54. The Hall–Kier alpha value is -2.08. The van der Waals surface area contributed by atoms with E-state index in [4.69, 9.17) is 10.3 Å². The Morgan fingerprint density at radius 1 is 1.21 bits per heavy atom. The number of hydrogen-bond acceptors (Lipinski definition) is 4. The van der Waals surface area contributed by atoms with E-state index in [2.05, 4.69) is 15.0 Å². The fourth-order valence-corrected chi connectivity index (χ4v) is 2.58. The first-order valence-electron chi connectivity index (χ1n) is 8.33. The van der Waals surface area contributed by atoms with Crippen molar-refractivity contribution in [3.8, 4) is 5.75 Å². The van der Waals surface area contributed by atoms with Gasteiger partial charge in [0.05, 0.1) is 12.8 Å². The number of pyridine rings is 1. The number of nitrogens with zero attached hydrogens (tertiary/aromatic N) is 5. The summed E-state index contributed by atoms with van der Waals surface area (Å²) in [6, 6.07) is 3.65. The Labute approximate surface area is 140 Å². The Morgan fingerprint density at radius 2 is 1.96 bits per heavy atom. The zero-order chi connectivity index (χ0) is 17.3. The first-order chi connectivity index (χ1) is 11.6. The van der Waals surface area contributed by atoms with E-state index in [1.54, 1.807) is 6.20 Å². The maximum atomic E-state index is 13.2. The first-order valence-corrected chi connectivity index (χ1v) is 8.33. The maximum Gasteiger partial charge on any atom is 0.251 e. The van der Waals surface area contributed by atoms with E-state index >= 15 is 0 Å². The van der Waals surface area contributed by atoms with Crippen molar-refractivity contribution in [1.82, 2.24) is 4.98 Å². The molecule has 6 nitrogen and oxygen atoms in total. The smallest absolute Gasteiger partial charge is 0.251 e. The second-order valence-corrected chi connectivity index (χ2v) is 5.91. The fourth-order valence-electron chi connectivity index (χ4n) is 2.58. The van der Waals surface area contributed by atoms with Crippen LogP contribution in [0.15, 0.2) is 23.4 Å². The van der Waals surface area contributed by atoms with Gasteiger partial charge in [-0.15, -0.1) is 0 Å². The molecule has 1 aliphatic rings. The van der Waals surface area contributed by atoms with Crippen molar-refractivity contribution in [3.63, 3.8) is 0 Å². The highest BCUT2D eigenvalue weighted by molar-refractivity contribution is 5.41. The molecule has 1 aliphatic heterocycles. The zero-order valence-electron chi connectivity index (χ0n) is 13.7. The molecule has 132 valence electrons. The number of piperidine rings is 1. The molecule has 0 amide bonds. The van der Waals surface area contributed by atoms with Gasteiger partial charge in [-0.3, -0.25) is 0 Å². The first kappa shape index (κ1) is 18.3. The zero-order valence-corrected chi connectivity index (χ0v) is 13.7. The van der Waals surface area contributed by atoms with Gasteiger partial charge in [0.1, 0.15) is 11.6 Å². The van der Waals surface area contributed by atoms with Crippen molar-refractivity contribution in [3.05, 3.63) is 28.8 Å². The maximum absolute atomic E-state index is 13.2. The van der Waals surface area contributed by atoms with Crippen LogP contribution in [0, 0.1) is 0 Å². The molecule has 1 fully saturated rings. The summed E-state index contributed by atoms with van der Waals surface area (Å²) in [5.41, 5.74) is 8.15. The minimum absolute atomic E-state index is 0.118. The molecule has 0 saturated carbocycles. The number of halogens is 2. The van der Waals surface area contributed by atoms with Crippen LogP contribution in [0.25, 0.3) is 10.4 Å². The summed E-state index contributed by atoms with van der Waals surface area (Å²) in [7, 11) is 0. The third-order valence-corrected chi connectivity index (χ3v) is 4.02. The number of unbranched alkanes of at least 4 members (excludes halogenated alkanes) is 3. The van der Waals surface area contributed by atoms with Crippen LogP contribution in [-0.2, 0) is 0 Å². The Kier molecular flexibility index (Phi) is 7.06. The van der Waals surface area contributed by atoms with Crippen molar-refractivity contribution >= 4 is 5.82 Å². The molecule has 1 aromatic rings. The molecule has 2 rings (SSSR count). The van der Waals surface area contributed by atoms with Crippen molar-refractivity contribution in [2.24, 2.45) is 5.11 Å². The molecule has 2 heterocycles. The molecular weight excluding hydrogens is 316 g/mol. The van der Waals surface area contributed by atoms with Crippen LogP contribution < -0.4 is 9.64 Å². The van der Waals surface area contributed by atoms with E-state index < -0.39 is 5.92 Å². The van der Waals surface area contributed by atoms with Crippen molar-refractivity contribution in [1.29, 1.82) is 0 Å². The standard InChI is InChI=1S/C16H23F2N5O/c17-16(18)7-10-23(11-8-16)15-6-5-14(13-20-15)24-12-4-2-1-3-9-21-22-19/h5-6,13H,1-4,7-12H2. The lowest BCUT2D eigenvalue weighted by molar-refractivity contribution is -0.0221. The number of hydrogen-bond donors (Lipinski definition) is 0. The van der Waals surface area contributed by atoms with E-state index in [0.29, 0.717) is 32.0 Å². The number of ether oxygens (including phenoxy) is 1. The number of azide groups is 1. The molecule has 8 heteroatoms. The van der Waals surface area contributed by atoms with Crippen LogP contribution in [0.2, 0.25) is 0 Å². The van der Waals surface area contributed by atoms with E-state index in [1.807, 2.05) is 17.0 Å². The van der Waals surface area contributed by atoms with Gasteiger partial charge < -0.3 is 9.64 Å². The summed E-state index contributed by atoms with van der Waals surface area (Å²) >= 11 is 0. The number of rotatable bonds is 9. The quantitative estimate of drug-likeness (QED) is 0.286. The van der Waals surface area contributed by atoms with Gasteiger partial charge in [0.25, 0.3) is 5.92 Å². The molecule has 24 heavy (non-hydrogen) atoms. The topological polar surface area (TPSA) is 74.1 Å². The molecule has 0 N–H and O–H groups in total. The van der Waals surface area contributed by atoms with E-state index in [9.17, 15) is 8.78 Å². The van der Waals surface area contributed by atoms with Gasteiger partial charge >= 0.3 is 0 Å². The summed E-state index contributed by atoms with van der Waals surface area (Å²) in [5.74, 6) is -1.13. The molecule has 0 atom stereocenters. The second-order valence-electron chi connectivity index (χ2n) is 5.91.